The third-order valence-corrected chi connectivity index (χ3v) is 6.58. The lowest BCUT2D eigenvalue weighted by atomic mass is 10.2. The van der Waals surface area contributed by atoms with Crippen molar-refractivity contribution in [1.82, 2.24) is 26.6 Å². The highest BCUT2D eigenvalue weighted by Gasteiger charge is 2.05. The summed E-state index contributed by atoms with van der Waals surface area (Å²) >= 11 is 0. The van der Waals surface area contributed by atoms with Crippen molar-refractivity contribution in [1.29, 1.82) is 0 Å². The fourth-order valence-corrected chi connectivity index (χ4v) is 3.92. The topological polar surface area (TPSA) is 212 Å². The molecule has 0 fully saturated rings. The number of rotatable bonds is 29. The van der Waals surface area contributed by atoms with Crippen molar-refractivity contribution >= 4 is 30.5 Å². The summed E-state index contributed by atoms with van der Waals surface area (Å²) in [6, 6.07) is 0. The van der Waals surface area contributed by atoms with E-state index < -0.39 is 30.5 Å². The highest BCUT2D eigenvalue weighted by molar-refractivity contribution is 5.68. The number of hydrogen-bond acceptors (Lipinski definition) is 11. The van der Waals surface area contributed by atoms with E-state index in [9.17, 15) is 24.0 Å². The quantitative estimate of drug-likeness (QED) is 0.0490. The number of methoxy groups -OCH3 is 1. The van der Waals surface area contributed by atoms with Crippen molar-refractivity contribution in [2.75, 3.05) is 72.9 Å². The van der Waals surface area contributed by atoms with Crippen LogP contribution < -0.4 is 26.6 Å². The van der Waals surface area contributed by atoms with Gasteiger partial charge in [0, 0.05) is 39.3 Å². The van der Waals surface area contributed by atoms with Gasteiger partial charge in [-0.3, -0.25) is 0 Å². The van der Waals surface area contributed by atoms with Crippen LogP contribution in [0.15, 0.2) is 0 Å². The van der Waals surface area contributed by atoms with Crippen LogP contribution in [0.4, 0.5) is 24.0 Å². The average Bonchev–Trinajstić information content (AvgIpc) is 3.06. The Bertz CT molecular complexity index is 821. The highest BCUT2D eigenvalue weighted by atomic mass is 16.6. The fraction of sp³-hybridized carbons (Fsp3) is 0.839. The van der Waals surface area contributed by atoms with E-state index >= 15 is 0 Å². The van der Waals surface area contributed by atoms with Gasteiger partial charge in [-0.1, -0.05) is 0 Å². The second-order valence-corrected chi connectivity index (χ2v) is 10.7. The Labute approximate surface area is 279 Å². The highest BCUT2D eigenvalue weighted by Crippen LogP contribution is 2.00. The number of carbonyl (C=O) groups is 5. The Morgan fingerprint density at radius 1 is 0.383 bits per heavy atom. The number of aliphatic hydroxyl groups is 1. The standard InChI is InChI=1S/C31H59N5O11/c1-43-27(38)32-17-8-3-13-23-45-29(40)34-19-10-5-15-25-47-31(42)36-21-11-6-16-26-46-30(41)35-20-9-4-14-24-44-28(39)33-18-7-2-12-22-37/h37H,2-26H2,1H3,(H,32,38)(H,33,39)(H,34,40)(H,35,41)(H,36,42). The van der Waals surface area contributed by atoms with Gasteiger partial charge >= 0.3 is 30.5 Å². The van der Waals surface area contributed by atoms with Gasteiger partial charge in [-0.05, 0) is 96.3 Å². The average molecular weight is 678 g/mol. The molecule has 0 atom stereocenters. The Hall–Kier alpha value is -3.69. The normalized spacial score (nSPS) is 10.3. The van der Waals surface area contributed by atoms with E-state index in [0.29, 0.717) is 84.8 Å². The first-order valence-corrected chi connectivity index (χ1v) is 16.9. The summed E-state index contributed by atoms with van der Waals surface area (Å²) < 4.78 is 24.9. The van der Waals surface area contributed by atoms with Crippen LogP contribution in [0.25, 0.3) is 0 Å². The largest absolute Gasteiger partial charge is 0.453 e. The molecule has 0 aromatic rings. The van der Waals surface area contributed by atoms with Crippen LogP contribution >= 0.6 is 0 Å². The van der Waals surface area contributed by atoms with Gasteiger partial charge in [0.1, 0.15) is 0 Å². The molecule has 0 unspecified atom stereocenters. The summed E-state index contributed by atoms with van der Waals surface area (Å²) in [5.41, 5.74) is 0. The molecule has 0 saturated carbocycles. The molecular formula is C31H59N5O11. The molecule has 0 bridgehead atoms. The Kier molecular flexibility index (Phi) is 31.0. The van der Waals surface area contributed by atoms with E-state index in [1.54, 1.807) is 0 Å². The van der Waals surface area contributed by atoms with Crippen molar-refractivity contribution in [2.24, 2.45) is 0 Å². The van der Waals surface area contributed by atoms with Crippen molar-refractivity contribution in [2.45, 2.75) is 96.3 Å². The summed E-state index contributed by atoms with van der Waals surface area (Å²) in [6.45, 7) is 3.87. The van der Waals surface area contributed by atoms with Crippen molar-refractivity contribution < 1.29 is 52.8 Å². The third-order valence-electron chi connectivity index (χ3n) is 6.58. The van der Waals surface area contributed by atoms with Crippen molar-refractivity contribution in [3.05, 3.63) is 0 Å². The van der Waals surface area contributed by atoms with Crippen LogP contribution in [-0.2, 0) is 23.7 Å². The van der Waals surface area contributed by atoms with Gasteiger partial charge in [-0.2, -0.15) is 0 Å². The summed E-state index contributed by atoms with van der Waals surface area (Å²) in [6.07, 6.45) is 9.10. The fourth-order valence-electron chi connectivity index (χ4n) is 3.92. The number of hydrogen-bond donors (Lipinski definition) is 6. The van der Waals surface area contributed by atoms with Gasteiger partial charge in [-0.15, -0.1) is 0 Å². The molecule has 47 heavy (non-hydrogen) atoms. The zero-order valence-corrected chi connectivity index (χ0v) is 28.2. The Morgan fingerprint density at radius 3 is 0.894 bits per heavy atom. The first-order chi connectivity index (χ1) is 22.9. The lowest BCUT2D eigenvalue weighted by Crippen LogP contribution is -2.27. The summed E-state index contributed by atoms with van der Waals surface area (Å²) in [4.78, 5) is 57.6. The molecule has 0 aromatic heterocycles. The molecule has 6 N–H and O–H groups in total. The van der Waals surface area contributed by atoms with Crippen LogP contribution in [0.3, 0.4) is 0 Å². The van der Waals surface area contributed by atoms with E-state index in [0.717, 1.165) is 70.6 Å². The van der Waals surface area contributed by atoms with Gasteiger partial charge in [0.05, 0.1) is 33.5 Å². The summed E-state index contributed by atoms with van der Waals surface area (Å²) in [5, 5.41) is 22.0. The van der Waals surface area contributed by atoms with Gasteiger partial charge in [0.25, 0.3) is 0 Å². The van der Waals surface area contributed by atoms with Crippen molar-refractivity contribution in [3.8, 4) is 0 Å². The lowest BCUT2D eigenvalue weighted by molar-refractivity contribution is 0.141. The molecule has 5 amide bonds. The second kappa shape index (κ2) is 33.7. The number of aliphatic hydroxyl groups excluding tert-OH is 1. The SMILES string of the molecule is COC(=O)NCCCCCOC(=O)NCCCCCOC(=O)NCCCCCOC(=O)NCCCCCOC(=O)NCCCCCO. The van der Waals surface area contributed by atoms with Crippen LogP contribution in [0, 0.1) is 0 Å². The maximum Gasteiger partial charge on any atom is 0.407 e. The van der Waals surface area contributed by atoms with E-state index in [-0.39, 0.29) is 6.61 Å². The third kappa shape index (κ3) is 33.5. The molecule has 0 aliphatic carbocycles. The molecule has 0 aliphatic heterocycles. The predicted molar refractivity (Wildman–Crippen MR) is 174 cm³/mol. The van der Waals surface area contributed by atoms with Crippen LogP contribution in [-0.4, -0.2) is 108 Å². The zero-order valence-electron chi connectivity index (χ0n) is 28.2. The molecule has 0 spiro atoms. The van der Waals surface area contributed by atoms with Gasteiger partial charge in [0.2, 0.25) is 0 Å². The molecule has 0 radical (unpaired) electrons. The monoisotopic (exact) mass is 677 g/mol. The number of ether oxygens (including phenoxy) is 5. The Morgan fingerprint density at radius 2 is 0.638 bits per heavy atom. The maximum atomic E-state index is 11.8. The molecule has 274 valence electrons. The minimum Gasteiger partial charge on any atom is -0.453 e. The van der Waals surface area contributed by atoms with Crippen molar-refractivity contribution in [3.63, 3.8) is 0 Å². The minimum absolute atomic E-state index is 0.162. The van der Waals surface area contributed by atoms with Crippen LogP contribution in [0.1, 0.15) is 96.3 Å². The molecule has 16 heteroatoms. The number of unbranched alkanes of at least 4 members (excludes halogenated alkanes) is 10. The molecule has 0 rings (SSSR count). The first-order valence-electron chi connectivity index (χ1n) is 16.9. The Balaban J connectivity index is 3.39. The van der Waals surface area contributed by atoms with E-state index in [1.165, 1.54) is 7.11 Å². The number of alkyl carbamates (subject to hydrolysis) is 5. The zero-order chi connectivity index (χ0) is 34.6. The predicted octanol–water partition coefficient (Wildman–Crippen LogP) is 4.09. The molecule has 0 aromatic carbocycles. The molecule has 0 saturated heterocycles. The second-order valence-electron chi connectivity index (χ2n) is 10.7. The summed E-state index contributed by atoms with van der Waals surface area (Å²) in [7, 11) is 1.31. The molecule has 16 nitrogen and oxygen atoms in total. The first kappa shape index (κ1) is 43.3. The smallest absolute Gasteiger partial charge is 0.407 e. The number of carbonyl (C=O) groups excluding carboxylic acids is 5. The molecular weight excluding hydrogens is 618 g/mol. The van der Waals surface area contributed by atoms with Gasteiger partial charge in [0.15, 0.2) is 0 Å². The minimum atomic E-state index is -0.469. The number of nitrogens with one attached hydrogen (secondary N) is 5. The summed E-state index contributed by atoms with van der Waals surface area (Å²) in [5.74, 6) is 0. The lowest BCUT2D eigenvalue weighted by Gasteiger charge is -2.09. The van der Waals surface area contributed by atoms with Gasteiger partial charge < -0.3 is 55.4 Å². The van der Waals surface area contributed by atoms with Crippen LogP contribution in [0.2, 0.25) is 0 Å². The van der Waals surface area contributed by atoms with E-state index in [4.69, 9.17) is 24.1 Å². The van der Waals surface area contributed by atoms with E-state index in [1.807, 2.05) is 0 Å². The molecule has 0 aliphatic rings. The molecule has 0 heterocycles. The number of amides is 5. The van der Waals surface area contributed by atoms with E-state index in [2.05, 4.69) is 31.3 Å². The van der Waals surface area contributed by atoms with Crippen LogP contribution in [0.5, 0.6) is 0 Å². The van der Waals surface area contributed by atoms with Gasteiger partial charge in [-0.25, -0.2) is 24.0 Å². The maximum absolute atomic E-state index is 11.8.